The second kappa shape index (κ2) is 3.15. The average Bonchev–Trinajstić information content (AvgIpc) is 2.34. The second-order valence-electron chi connectivity index (χ2n) is 2.60. The monoisotopic (exact) mass is 169 g/mol. The fourth-order valence-electron chi connectivity index (χ4n) is 0.836. The molecule has 0 aliphatic carbocycles. The molecule has 1 atom stereocenters. The third kappa shape index (κ3) is 1.88. The van der Waals surface area contributed by atoms with E-state index in [-0.39, 0.29) is 11.8 Å². The summed E-state index contributed by atoms with van der Waals surface area (Å²) in [4.78, 5) is 12.4. The molecule has 0 aliphatic rings. The lowest BCUT2D eigenvalue weighted by Crippen LogP contribution is -2.26. The smallest absolute Gasteiger partial charge is 0.180 e. The van der Waals surface area contributed by atoms with Gasteiger partial charge in [0.2, 0.25) is 0 Å². The van der Waals surface area contributed by atoms with Crippen molar-refractivity contribution in [2.24, 2.45) is 5.73 Å². The normalized spacial score (nSPS) is 13.0. The highest BCUT2D eigenvalue weighted by molar-refractivity contribution is 7.10. The van der Waals surface area contributed by atoms with Crippen molar-refractivity contribution in [2.45, 2.75) is 19.9 Å². The van der Waals surface area contributed by atoms with Crippen LogP contribution < -0.4 is 5.73 Å². The lowest BCUT2D eigenvalue weighted by Gasteiger charge is -1.99. The highest BCUT2D eigenvalue weighted by atomic mass is 32.1. The predicted molar refractivity (Wildman–Crippen MR) is 47.0 cm³/mol. The Morgan fingerprint density at radius 3 is 2.73 bits per heavy atom. The zero-order chi connectivity index (χ0) is 8.43. The van der Waals surface area contributed by atoms with E-state index in [1.165, 1.54) is 0 Å². The fraction of sp³-hybridized carbons (Fsp3) is 0.375. The summed E-state index contributed by atoms with van der Waals surface area (Å²) in [6, 6.07) is 1.49. The molecule has 0 bridgehead atoms. The van der Waals surface area contributed by atoms with E-state index in [9.17, 15) is 4.79 Å². The summed E-state index contributed by atoms with van der Waals surface area (Å²) >= 11 is 1.57. The van der Waals surface area contributed by atoms with Crippen LogP contribution in [0, 0.1) is 6.92 Å². The molecular weight excluding hydrogens is 158 g/mol. The number of ketones is 1. The number of carbonyl (C=O) groups excluding carboxylic acids is 1. The van der Waals surface area contributed by atoms with Crippen LogP contribution in [0.15, 0.2) is 11.4 Å². The maximum Gasteiger partial charge on any atom is 0.180 e. The summed E-state index contributed by atoms with van der Waals surface area (Å²) in [6.45, 7) is 3.68. The summed E-state index contributed by atoms with van der Waals surface area (Å²) in [7, 11) is 0. The molecule has 60 valence electrons. The van der Waals surface area contributed by atoms with Crippen molar-refractivity contribution in [3.63, 3.8) is 0 Å². The van der Waals surface area contributed by atoms with E-state index < -0.39 is 0 Å². The first-order valence-corrected chi connectivity index (χ1v) is 4.34. The van der Waals surface area contributed by atoms with E-state index in [4.69, 9.17) is 5.73 Å². The van der Waals surface area contributed by atoms with Gasteiger partial charge in [0.15, 0.2) is 5.78 Å². The molecule has 1 rings (SSSR count). The van der Waals surface area contributed by atoms with Crippen LogP contribution in [0.4, 0.5) is 0 Å². The molecule has 1 aromatic rings. The fourth-order valence-corrected chi connectivity index (χ4v) is 1.53. The summed E-state index contributed by atoms with van der Waals surface area (Å²) in [5, 5.41) is 1.85. The molecule has 0 fully saturated rings. The molecule has 0 saturated carbocycles. The van der Waals surface area contributed by atoms with Crippen molar-refractivity contribution < 1.29 is 4.79 Å². The number of aryl methyl sites for hydroxylation is 1. The van der Waals surface area contributed by atoms with E-state index in [1.807, 2.05) is 18.4 Å². The number of thiophene rings is 1. The van der Waals surface area contributed by atoms with Gasteiger partial charge in [0, 0.05) is 15.8 Å². The molecule has 11 heavy (non-hydrogen) atoms. The minimum Gasteiger partial charge on any atom is -0.321 e. The van der Waals surface area contributed by atoms with E-state index in [2.05, 4.69) is 0 Å². The van der Waals surface area contributed by atoms with Gasteiger partial charge in [-0.3, -0.25) is 4.79 Å². The van der Waals surface area contributed by atoms with E-state index >= 15 is 0 Å². The number of carbonyl (C=O) groups is 1. The van der Waals surface area contributed by atoms with Crippen molar-refractivity contribution in [2.75, 3.05) is 0 Å². The number of nitrogens with two attached hydrogens (primary N) is 1. The molecular formula is C8H11NOS. The Kier molecular flexibility index (Phi) is 2.42. The molecule has 0 saturated heterocycles. The van der Waals surface area contributed by atoms with Gasteiger partial charge >= 0.3 is 0 Å². The molecule has 0 unspecified atom stereocenters. The minimum atomic E-state index is -0.385. The summed E-state index contributed by atoms with van der Waals surface area (Å²) < 4.78 is 0. The van der Waals surface area contributed by atoms with Crippen LogP contribution in [0.2, 0.25) is 0 Å². The van der Waals surface area contributed by atoms with Crippen LogP contribution in [0.5, 0.6) is 0 Å². The Bertz CT molecular complexity index is 265. The van der Waals surface area contributed by atoms with Gasteiger partial charge in [-0.2, -0.15) is 0 Å². The SMILES string of the molecule is Cc1cc(C(=O)[C@@H](C)N)cs1. The summed E-state index contributed by atoms with van der Waals surface area (Å²) in [6.07, 6.45) is 0. The first-order valence-electron chi connectivity index (χ1n) is 3.46. The number of rotatable bonds is 2. The van der Waals surface area contributed by atoms with Crippen LogP contribution in [-0.4, -0.2) is 11.8 Å². The topological polar surface area (TPSA) is 43.1 Å². The second-order valence-corrected chi connectivity index (χ2v) is 3.71. The number of hydrogen-bond acceptors (Lipinski definition) is 3. The van der Waals surface area contributed by atoms with Gasteiger partial charge in [-0.25, -0.2) is 0 Å². The van der Waals surface area contributed by atoms with E-state index in [0.717, 1.165) is 10.4 Å². The largest absolute Gasteiger partial charge is 0.321 e. The van der Waals surface area contributed by atoms with Crippen molar-refractivity contribution in [3.8, 4) is 0 Å². The molecule has 3 heteroatoms. The standard InChI is InChI=1S/C8H11NOS/c1-5-3-7(4-11-5)8(10)6(2)9/h3-4,6H,9H2,1-2H3/t6-/m1/s1. The van der Waals surface area contributed by atoms with Crippen molar-refractivity contribution in [1.82, 2.24) is 0 Å². The van der Waals surface area contributed by atoms with Crippen molar-refractivity contribution >= 4 is 17.1 Å². The molecule has 0 amide bonds. The van der Waals surface area contributed by atoms with Crippen LogP contribution in [0.3, 0.4) is 0 Å². The molecule has 2 nitrogen and oxygen atoms in total. The minimum absolute atomic E-state index is 0.0225. The van der Waals surface area contributed by atoms with Crippen LogP contribution in [-0.2, 0) is 0 Å². The zero-order valence-electron chi connectivity index (χ0n) is 6.63. The Morgan fingerprint density at radius 2 is 2.36 bits per heavy atom. The van der Waals surface area contributed by atoms with Crippen LogP contribution in [0.1, 0.15) is 22.2 Å². The van der Waals surface area contributed by atoms with Crippen LogP contribution in [0.25, 0.3) is 0 Å². The van der Waals surface area contributed by atoms with Gasteiger partial charge in [0.05, 0.1) is 6.04 Å². The Labute approximate surface area is 70.0 Å². The molecule has 1 aromatic heterocycles. The molecule has 0 aliphatic heterocycles. The Balaban J connectivity index is 2.85. The molecule has 1 heterocycles. The third-order valence-corrected chi connectivity index (χ3v) is 2.29. The quantitative estimate of drug-likeness (QED) is 0.683. The lowest BCUT2D eigenvalue weighted by molar-refractivity contribution is 0.0968. The Hall–Kier alpha value is -0.670. The van der Waals surface area contributed by atoms with Gasteiger partial charge in [0.25, 0.3) is 0 Å². The molecule has 0 radical (unpaired) electrons. The van der Waals surface area contributed by atoms with Gasteiger partial charge in [-0.05, 0) is 19.9 Å². The van der Waals surface area contributed by atoms with Gasteiger partial charge in [0.1, 0.15) is 0 Å². The number of Topliss-reactive ketones (excluding diaryl/α,β-unsaturated/α-hetero) is 1. The molecule has 0 spiro atoms. The molecule has 0 aromatic carbocycles. The van der Waals surface area contributed by atoms with Crippen molar-refractivity contribution in [1.29, 1.82) is 0 Å². The van der Waals surface area contributed by atoms with Crippen molar-refractivity contribution in [3.05, 3.63) is 21.9 Å². The average molecular weight is 169 g/mol. The lowest BCUT2D eigenvalue weighted by atomic mass is 10.1. The highest BCUT2D eigenvalue weighted by Crippen LogP contribution is 2.14. The maximum atomic E-state index is 11.2. The zero-order valence-corrected chi connectivity index (χ0v) is 7.44. The first-order chi connectivity index (χ1) is 5.11. The molecule has 2 N–H and O–H groups in total. The van der Waals surface area contributed by atoms with E-state index in [0.29, 0.717) is 0 Å². The van der Waals surface area contributed by atoms with Gasteiger partial charge < -0.3 is 5.73 Å². The van der Waals surface area contributed by atoms with Gasteiger partial charge in [-0.15, -0.1) is 11.3 Å². The maximum absolute atomic E-state index is 11.2. The third-order valence-electron chi connectivity index (χ3n) is 1.43. The number of hydrogen-bond donors (Lipinski definition) is 1. The Morgan fingerprint density at radius 1 is 1.73 bits per heavy atom. The van der Waals surface area contributed by atoms with Crippen LogP contribution >= 0.6 is 11.3 Å². The van der Waals surface area contributed by atoms with Gasteiger partial charge in [-0.1, -0.05) is 0 Å². The highest BCUT2D eigenvalue weighted by Gasteiger charge is 2.11. The van der Waals surface area contributed by atoms with E-state index in [1.54, 1.807) is 18.3 Å². The summed E-state index contributed by atoms with van der Waals surface area (Å²) in [5.74, 6) is 0.0225. The predicted octanol–water partition coefficient (Wildman–Crippen LogP) is 1.59. The first kappa shape index (κ1) is 8.43. The summed E-state index contributed by atoms with van der Waals surface area (Å²) in [5.41, 5.74) is 6.17.